The van der Waals surface area contributed by atoms with E-state index in [1.807, 2.05) is 30.0 Å². The summed E-state index contributed by atoms with van der Waals surface area (Å²) in [5.41, 5.74) is 4.25. The van der Waals surface area contributed by atoms with Crippen molar-refractivity contribution in [1.29, 1.82) is 0 Å². The number of hydrogen-bond acceptors (Lipinski definition) is 1. The molecule has 0 atom stereocenters. The summed E-state index contributed by atoms with van der Waals surface area (Å²) in [5.74, 6) is 0. The van der Waals surface area contributed by atoms with Gasteiger partial charge in [-0.05, 0) is 43.7 Å². The molecule has 88 valence electrons. The van der Waals surface area contributed by atoms with Gasteiger partial charge in [0.15, 0.2) is 0 Å². The predicted molar refractivity (Wildman–Crippen MR) is 76.9 cm³/mol. The predicted octanol–water partition coefficient (Wildman–Crippen LogP) is 4.59. The van der Waals surface area contributed by atoms with E-state index in [0.717, 1.165) is 17.0 Å². The zero-order chi connectivity index (χ0) is 12.8. The molecule has 0 radical (unpaired) electrons. The molecular weight excluding hydrogens is 206 g/mol. The Balaban J connectivity index is 3.18. The largest absolute Gasteiger partial charge is 0.318 e. The first kappa shape index (κ1) is 13.0. The molecule has 0 saturated carbocycles. The summed E-state index contributed by atoms with van der Waals surface area (Å²) in [6.45, 7) is 15.6. The first-order valence-corrected chi connectivity index (χ1v) is 5.56. The highest BCUT2D eigenvalue weighted by Gasteiger charge is 2.05. The number of aryl methyl sites for hydroxylation is 1. The molecule has 0 heterocycles. The van der Waals surface area contributed by atoms with Gasteiger partial charge in [0.1, 0.15) is 0 Å². The van der Waals surface area contributed by atoms with Crippen molar-refractivity contribution < 1.29 is 0 Å². The number of nitrogens with zero attached hydrogens (tertiary/aromatic N) is 1. The fourth-order valence-electron chi connectivity index (χ4n) is 1.62. The lowest BCUT2D eigenvalue weighted by Crippen LogP contribution is -2.13. The summed E-state index contributed by atoms with van der Waals surface area (Å²) in [7, 11) is 0. The molecule has 0 fully saturated rings. The molecule has 1 rings (SSSR count). The minimum Gasteiger partial charge on any atom is -0.318 e. The average Bonchev–Trinajstić information content (AvgIpc) is 2.28. The number of allylic oxidation sites excluding steroid dienone is 3. The fourth-order valence-corrected chi connectivity index (χ4v) is 1.62. The van der Waals surface area contributed by atoms with Crippen LogP contribution in [0.15, 0.2) is 73.6 Å². The Hall–Kier alpha value is -2.02. The number of anilines is 1. The lowest BCUT2D eigenvalue weighted by molar-refractivity contribution is 1.20. The van der Waals surface area contributed by atoms with Crippen LogP contribution in [0.2, 0.25) is 0 Å². The molecule has 0 aromatic heterocycles. The second-order valence-electron chi connectivity index (χ2n) is 4.01. The van der Waals surface area contributed by atoms with Gasteiger partial charge in [-0.1, -0.05) is 37.4 Å². The van der Waals surface area contributed by atoms with E-state index in [-0.39, 0.29) is 0 Å². The van der Waals surface area contributed by atoms with Gasteiger partial charge < -0.3 is 4.90 Å². The normalized spacial score (nSPS) is 10.8. The smallest absolute Gasteiger partial charge is 0.0457 e. The van der Waals surface area contributed by atoms with Crippen LogP contribution >= 0.6 is 0 Å². The molecule has 0 N–H and O–H groups in total. The van der Waals surface area contributed by atoms with Crippen LogP contribution < -0.4 is 4.90 Å². The van der Waals surface area contributed by atoms with E-state index in [0.29, 0.717) is 0 Å². The van der Waals surface area contributed by atoms with E-state index in [4.69, 9.17) is 0 Å². The minimum atomic E-state index is 0.970. The third-order valence-corrected chi connectivity index (χ3v) is 2.34. The third-order valence-electron chi connectivity index (χ3n) is 2.34. The summed E-state index contributed by atoms with van der Waals surface area (Å²) in [5, 5.41) is 0. The lowest BCUT2D eigenvalue weighted by Gasteiger charge is -2.21. The highest BCUT2D eigenvalue weighted by Crippen LogP contribution is 2.22. The van der Waals surface area contributed by atoms with Crippen molar-refractivity contribution in [3.63, 3.8) is 0 Å². The Kier molecular flexibility index (Phi) is 4.53. The molecule has 0 amide bonds. The van der Waals surface area contributed by atoms with Crippen molar-refractivity contribution >= 4 is 5.69 Å². The zero-order valence-corrected chi connectivity index (χ0v) is 10.6. The highest BCUT2D eigenvalue weighted by molar-refractivity contribution is 5.59. The van der Waals surface area contributed by atoms with Gasteiger partial charge in [-0.2, -0.15) is 0 Å². The summed E-state index contributed by atoms with van der Waals surface area (Å²) in [6, 6.07) is 8.26. The third kappa shape index (κ3) is 3.49. The molecule has 0 aliphatic carbocycles. The van der Waals surface area contributed by atoms with Crippen LogP contribution in [0.3, 0.4) is 0 Å². The standard InChI is InChI=1S/C16H19N/c1-6-15(11-13(3)4)17(7-2)16-10-8-9-14(5)12-16/h6-12H,1-3H2,4-5H3/b15-11+. The Labute approximate surface area is 104 Å². The Morgan fingerprint density at radius 2 is 2.00 bits per heavy atom. The molecule has 0 aliphatic heterocycles. The monoisotopic (exact) mass is 225 g/mol. The van der Waals surface area contributed by atoms with E-state index in [9.17, 15) is 0 Å². The van der Waals surface area contributed by atoms with E-state index in [1.165, 1.54) is 5.56 Å². The maximum absolute atomic E-state index is 3.89. The van der Waals surface area contributed by atoms with E-state index < -0.39 is 0 Å². The maximum atomic E-state index is 3.89. The van der Waals surface area contributed by atoms with Gasteiger partial charge in [0.25, 0.3) is 0 Å². The summed E-state index contributed by atoms with van der Waals surface area (Å²) >= 11 is 0. The van der Waals surface area contributed by atoms with Crippen LogP contribution in [0.5, 0.6) is 0 Å². The van der Waals surface area contributed by atoms with Crippen molar-refractivity contribution in [2.75, 3.05) is 4.90 Å². The van der Waals surface area contributed by atoms with Crippen LogP contribution in [-0.4, -0.2) is 0 Å². The van der Waals surface area contributed by atoms with Gasteiger partial charge in [-0.3, -0.25) is 0 Å². The van der Waals surface area contributed by atoms with Gasteiger partial charge in [0, 0.05) is 17.6 Å². The fraction of sp³-hybridized carbons (Fsp3) is 0.125. The molecule has 1 aromatic rings. The number of rotatable bonds is 5. The Bertz CT molecular complexity index is 466. The maximum Gasteiger partial charge on any atom is 0.0457 e. The molecule has 1 heteroatoms. The van der Waals surface area contributed by atoms with Crippen molar-refractivity contribution in [3.8, 4) is 0 Å². The minimum absolute atomic E-state index is 0.970. The van der Waals surface area contributed by atoms with Gasteiger partial charge in [0.2, 0.25) is 0 Å². The zero-order valence-electron chi connectivity index (χ0n) is 10.6. The molecule has 1 aromatic carbocycles. The topological polar surface area (TPSA) is 3.24 Å². The quantitative estimate of drug-likeness (QED) is 0.662. The molecular formula is C16H19N. The van der Waals surface area contributed by atoms with E-state index >= 15 is 0 Å². The first-order valence-electron chi connectivity index (χ1n) is 5.56. The average molecular weight is 225 g/mol. The van der Waals surface area contributed by atoms with Crippen LogP contribution in [0.4, 0.5) is 5.69 Å². The first-order chi connectivity index (χ1) is 8.08. The van der Waals surface area contributed by atoms with Crippen LogP contribution in [0.1, 0.15) is 12.5 Å². The van der Waals surface area contributed by atoms with Gasteiger partial charge in [0.05, 0.1) is 0 Å². The molecule has 0 spiro atoms. The van der Waals surface area contributed by atoms with Gasteiger partial charge in [-0.25, -0.2) is 0 Å². The number of hydrogen-bond donors (Lipinski definition) is 0. The van der Waals surface area contributed by atoms with Crippen molar-refractivity contribution in [2.45, 2.75) is 13.8 Å². The van der Waals surface area contributed by atoms with Gasteiger partial charge in [-0.15, -0.1) is 0 Å². The molecule has 1 nitrogen and oxygen atoms in total. The van der Waals surface area contributed by atoms with Crippen molar-refractivity contribution in [3.05, 3.63) is 79.2 Å². The van der Waals surface area contributed by atoms with Crippen molar-refractivity contribution in [2.24, 2.45) is 0 Å². The summed E-state index contributed by atoms with van der Waals surface area (Å²) in [6.07, 6.45) is 5.57. The highest BCUT2D eigenvalue weighted by atomic mass is 15.1. The molecule has 0 aliphatic rings. The second-order valence-corrected chi connectivity index (χ2v) is 4.01. The number of benzene rings is 1. The SMILES string of the molecule is C=C/C(=C\C(=C)C)N(C=C)c1cccc(C)c1. The lowest BCUT2D eigenvalue weighted by atomic mass is 10.2. The summed E-state index contributed by atoms with van der Waals surface area (Å²) < 4.78 is 0. The van der Waals surface area contributed by atoms with Crippen molar-refractivity contribution in [1.82, 2.24) is 0 Å². The molecule has 0 unspecified atom stereocenters. The molecule has 0 saturated heterocycles. The molecule has 0 bridgehead atoms. The van der Waals surface area contributed by atoms with E-state index in [2.05, 4.69) is 38.8 Å². The van der Waals surface area contributed by atoms with Crippen LogP contribution in [0.25, 0.3) is 0 Å². The van der Waals surface area contributed by atoms with E-state index in [1.54, 1.807) is 12.3 Å². The van der Waals surface area contributed by atoms with Crippen LogP contribution in [0, 0.1) is 6.92 Å². The second kappa shape index (κ2) is 5.90. The summed E-state index contributed by atoms with van der Waals surface area (Å²) in [4.78, 5) is 1.99. The Morgan fingerprint density at radius 1 is 1.29 bits per heavy atom. The van der Waals surface area contributed by atoms with Crippen LogP contribution in [-0.2, 0) is 0 Å². The Morgan fingerprint density at radius 3 is 2.47 bits per heavy atom. The molecule has 17 heavy (non-hydrogen) atoms. The van der Waals surface area contributed by atoms with Gasteiger partial charge >= 0.3 is 0 Å².